The maximum atomic E-state index is 14.8. The van der Waals surface area contributed by atoms with E-state index in [1.54, 1.807) is 6.07 Å². The number of carbonyl (C=O) groups is 1. The number of hydrogen-bond acceptors (Lipinski definition) is 2. The average Bonchev–Trinajstić information content (AvgIpc) is 2.83. The number of pyridine rings is 1. The third-order valence-corrected chi connectivity index (χ3v) is 4.34. The van der Waals surface area contributed by atoms with Crippen molar-refractivity contribution in [3.8, 4) is 11.3 Å². The molecule has 124 valence electrons. The number of halogens is 1. The Morgan fingerprint density at radius 2 is 1.96 bits per heavy atom. The van der Waals surface area contributed by atoms with Gasteiger partial charge in [0.05, 0.1) is 5.69 Å². The summed E-state index contributed by atoms with van der Waals surface area (Å²) in [6.07, 6.45) is 3.14. The van der Waals surface area contributed by atoms with Crippen molar-refractivity contribution in [3.63, 3.8) is 0 Å². The molecule has 0 fully saturated rings. The van der Waals surface area contributed by atoms with Gasteiger partial charge in [-0.2, -0.15) is 0 Å². The lowest BCUT2D eigenvalue weighted by molar-refractivity contribution is 0.0981. The minimum absolute atomic E-state index is 0.0200. The van der Waals surface area contributed by atoms with Crippen LogP contribution < -0.4 is 0 Å². The van der Waals surface area contributed by atoms with Crippen molar-refractivity contribution >= 4 is 11.4 Å². The Bertz CT molecular complexity index is 917. The van der Waals surface area contributed by atoms with Gasteiger partial charge < -0.3 is 4.40 Å². The number of aromatic nitrogens is 2. The van der Waals surface area contributed by atoms with E-state index in [1.807, 2.05) is 50.4 Å². The number of rotatable bonds is 4. The number of hydrogen-bond donors (Lipinski definition) is 0. The molecule has 3 rings (SSSR count). The van der Waals surface area contributed by atoms with Gasteiger partial charge >= 0.3 is 0 Å². The van der Waals surface area contributed by atoms with Crippen LogP contribution in [0.3, 0.4) is 0 Å². The highest BCUT2D eigenvalue weighted by Gasteiger charge is 2.19. The summed E-state index contributed by atoms with van der Waals surface area (Å²) < 4.78 is 16.7. The number of nitrogens with zero attached hydrogens (tertiary/aromatic N) is 2. The smallest absolute Gasteiger partial charge is 0.162 e. The Hall–Kier alpha value is -2.49. The Kier molecular flexibility index (Phi) is 4.22. The molecule has 0 spiro atoms. The van der Waals surface area contributed by atoms with Gasteiger partial charge in [-0.25, -0.2) is 9.37 Å². The van der Waals surface area contributed by atoms with Crippen LogP contribution in [-0.4, -0.2) is 15.2 Å². The molecule has 3 nitrogen and oxygen atoms in total. The van der Waals surface area contributed by atoms with Gasteiger partial charge in [0, 0.05) is 29.4 Å². The van der Waals surface area contributed by atoms with E-state index in [0.29, 0.717) is 23.2 Å². The molecule has 2 aromatic heterocycles. The highest BCUT2D eigenvalue weighted by molar-refractivity contribution is 5.97. The molecular formula is C20H21FN2O. The van der Waals surface area contributed by atoms with Gasteiger partial charge in [-0.3, -0.25) is 4.79 Å². The molecule has 4 heteroatoms. The Morgan fingerprint density at radius 1 is 1.21 bits per heavy atom. The number of aryl methyl sites for hydroxylation is 3. The summed E-state index contributed by atoms with van der Waals surface area (Å²) in [4.78, 5) is 16.7. The molecule has 0 saturated heterocycles. The molecule has 0 unspecified atom stereocenters. The van der Waals surface area contributed by atoms with Crippen LogP contribution in [0.25, 0.3) is 16.9 Å². The van der Waals surface area contributed by atoms with Crippen LogP contribution >= 0.6 is 0 Å². The number of ketones is 1. The zero-order valence-corrected chi connectivity index (χ0v) is 14.5. The molecule has 0 saturated carbocycles. The zero-order valence-electron chi connectivity index (χ0n) is 14.5. The van der Waals surface area contributed by atoms with Crippen molar-refractivity contribution in [3.05, 3.63) is 58.7 Å². The lowest BCUT2D eigenvalue weighted by Gasteiger charge is -2.09. The fourth-order valence-electron chi connectivity index (χ4n) is 3.08. The maximum absolute atomic E-state index is 14.8. The molecule has 3 aromatic rings. The van der Waals surface area contributed by atoms with Crippen molar-refractivity contribution in [1.29, 1.82) is 0 Å². The predicted molar refractivity (Wildman–Crippen MR) is 94.0 cm³/mol. The molecule has 1 aromatic carbocycles. The second-order valence-corrected chi connectivity index (χ2v) is 6.30. The van der Waals surface area contributed by atoms with Gasteiger partial charge in [-0.05, 0) is 62.6 Å². The first kappa shape index (κ1) is 16.4. The Morgan fingerprint density at radius 3 is 2.62 bits per heavy atom. The minimum atomic E-state index is -0.391. The SMILES string of the molecule is CCCC(=O)c1cc(C)c(-c2nc3cc(C)ccn3c2C)c(F)c1. The van der Waals surface area contributed by atoms with Crippen molar-refractivity contribution < 1.29 is 9.18 Å². The lowest BCUT2D eigenvalue weighted by Crippen LogP contribution is -2.02. The molecule has 0 bridgehead atoms. The highest BCUT2D eigenvalue weighted by Crippen LogP contribution is 2.31. The van der Waals surface area contributed by atoms with Crippen LogP contribution in [0.5, 0.6) is 0 Å². The van der Waals surface area contributed by atoms with Crippen LogP contribution in [0.4, 0.5) is 4.39 Å². The fourth-order valence-corrected chi connectivity index (χ4v) is 3.08. The molecule has 0 N–H and O–H groups in total. The van der Waals surface area contributed by atoms with E-state index in [-0.39, 0.29) is 5.78 Å². The van der Waals surface area contributed by atoms with Gasteiger partial charge in [0.25, 0.3) is 0 Å². The third-order valence-electron chi connectivity index (χ3n) is 4.34. The highest BCUT2D eigenvalue weighted by atomic mass is 19.1. The van der Waals surface area contributed by atoms with Crippen molar-refractivity contribution in [2.45, 2.75) is 40.5 Å². The first-order valence-electron chi connectivity index (χ1n) is 8.21. The maximum Gasteiger partial charge on any atom is 0.162 e. The molecule has 0 radical (unpaired) electrons. The lowest BCUT2D eigenvalue weighted by atomic mass is 9.97. The molecule has 24 heavy (non-hydrogen) atoms. The average molecular weight is 324 g/mol. The number of imidazole rings is 1. The quantitative estimate of drug-likeness (QED) is 0.629. The van der Waals surface area contributed by atoms with Crippen molar-refractivity contribution in [1.82, 2.24) is 9.38 Å². The van der Waals surface area contributed by atoms with Crippen LogP contribution in [0.2, 0.25) is 0 Å². The largest absolute Gasteiger partial charge is 0.304 e. The van der Waals surface area contributed by atoms with Gasteiger partial charge in [0.2, 0.25) is 0 Å². The molecule has 0 aliphatic rings. The van der Waals surface area contributed by atoms with Gasteiger partial charge in [-0.1, -0.05) is 6.92 Å². The van der Waals surface area contributed by atoms with Gasteiger partial charge in [-0.15, -0.1) is 0 Å². The number of Topliss-reactive ketones (excluding diaryl/α,β-unsaturated/α-hetero) is 1. The summed E-state index contributed by atoms with van der Waals surface area (Å²) >= 11 is 0. The molecule has 0 amide bonds. The molecule has 0 aliphatic carbocycles. The van der Waals surface area contributed by atoms with Crippen LogP contribution in [0.1, 0.15) is 46.9 Å². The van der Waals surface area contributed by atoms with Crippen LogP contribution in [0.15, 0.2) is 30.5 Å². The molecule has 2 heterocycles. The summed E-state index contributed by atoms with van der Waals surface area (Å²) in [7, 11) is 0. The molecule has 0 atom stereocenters. The van der Waals surface area contributed by atoms with E-state index in [2.05, 4.69) is 4.98 Å². The number of carbonyl (C=O) groups excluding carboxylic acids is 1. The van der Waals surface area contributed by atoms with Gasteiger partial charge in [0.1, 0.15) is 11.5 Å². The standard InChI is InChI=1S/C20H21FN2O/c1-5-6-17(24)15-10-13(3)19(16(21)11-15)20-14(4)23-8-7-12(2)9-18(23)22-20/h7-11H,5-6H2,1-4H3. The monoisotopic (exact) mass is 324 g/mol. The Balaban J connectivity index is 2.16. The summed E-state index contributed by atoms with van der Waals surface area (Å²) in [5.41, 5.74) is 5.07. The summed E-state index contributed by atoms with van der Waals surface area (Å²) in [6, 6.07) is 7.09. The van der Waals surface area contributed by atoms with E-state index < -0.39 is 5.82 Å². The number of benzene rings is 1. The normalized spacial score (nSPS) is 11.2. The summed E-state index contributed by atoms with van der Waals surface area (Å²) in [5.74, 6) is -0.411. The summed E-state index contributed by atoms with van der Waals surface area (Å²) in [6.45, 7) is 7.71. The second kappa shape index (κ2) is 6.19. The minimum Gasteiger partial charge on any atom is -0.304 e. The van der Waals surface area contributed by atoms with E-state index in [9.17, 15) is 9.18 Å². The molecular weight excluding hydrogens is 303 g/mol. The van der Waals surface area contributed by atoms with E-state index in [0.717, 1.165) is 28.9 Å². The van der Waals surface area contributed by atoms with E-state index >= 15 is 0 Å². The van der Waals surface area contributed by atoms with Gasteiger partial charge in [0.15, 0.2) is 5.78 Å². The van der Waals surface area contributed by atoms with Crippen LogP contribution in [0, 0.1) is 26.6 Å². The van der Waals surface area contributed by atoms with Crippen molar-refractivity contribution in [2.75, 3.05) is 0 Å². The topological polar surface area (TPSA) is 34.4 Å². The fraction of sp³-hybridized carbons (Fsp3) is 0.300. The van der Waals surface area contributed by atoms with E-state index in [1.165, 1.54) is 6.07 Å². The second-order valence-electron chi connectivity index (χ2n) is 6.30. The zero-order chi connectivity index (χ0) is 17.4. The molecule has 0 aliphatic heterocycles. The third kappa shape index (κ3) is 2.73. The van der Waals surface area contributed by atoms with E-state index in [4.69, 9.17) is 0 Å². The van der Waals surface area contributed by atoms with Crippen molar-refractivity contribution in [2.24, 2.45) is 0 Å². The summed E-state index contributed by atoms with van der Waals surface area (Å²) in [5, 5.41) is 0. The first-order valence-corrected chi connectivity index (χ1v) is 8.21. The van der Waals surface area contributed by atoms with Crippen LogP contribution in [-0.2, 0) is 0 Å². The Labute approximate surface area is 141 Å². The number of fused-ring (bicyclic) bond motifs is 1. The predicted octanol–water partition coefficient (Wildman–Crippen LogP) is 5.05. The first-order chi connectivity index (χ1) is 11.4.